The van der Waals surface area contributed by atoms with E-state index in [0.717, 1.165) is 11.3 Å². The summed E-state index contributed by atoms with van der Waals surface area (Å²) in [6.45, 7) is 0.379. The topological polar surface area (TPSA) is 80.3 Å². The van der Waals surface area contributed by atoms with E-state index >= 15 is 0 Å². The van der Waals surface area contributed by atoms with Crippen molar-refractivity contribution in [1.29, 1.82) is 0 Å². The number of ether oxygens (including phenoxy) is 1. The van der Waals surface area contributed by atoms with Crippen molar-refractivity contribution in [1.82, 2.24) is 15.6 Å². The second-order valence-corrected chi connectivity index (χ2v) is 5.16. The third kappa shape index (κ3) is 5.48. The lowest BCUT2D eigenvalue weighted by molar-refractivity contribution is -0.140. The predicted molar refractivity (Wildman–Crippen MR) is 90.2 cm³/mol. The maximum atomic E-state index is 11.9. The van der Waals surface area contributed by atoms with Crippen molar-refractivity contribution in [3.8, 4) is 0 Å². The van der Waals surface area contributed by atoms with Crippen LogP contribution in [0.5, 0.6) is 0 Å². The first-order valence-corrected chi connectivity index (χ1v) is 7.73. The molecule has 2 rings (SSSR count). The second-order valence-electron chi connectivity index (χ2n) is 5.16. The number of pyridine rings is 1. The first kappa shape index (κ1) is 17.6. The Morgan fingerprint density at radius 3 is 2.54 bits per heavy atom. The van der Waals surface area contributed by atoms with Crippen LogP contribution in [0.2, 0.25) is 0 Å². The number of hydrogen-bond acceptors (Lipinski definition) is 5. The summed E-state index contributed by atoms with van der Waals surface area (Å²) in [4.78, 5) is 27.3. The fourth-order valence-electron chi connectivity index (χ4n) is 2.25. The number of nitrogens with one attached hydrogen (secondary N) is 2. The number of hydrogen-bond donors (Lipinski definition) is 2. The van der Waals surface area contributed by atoms with Crippen LogP contribution in [0, 0.1) is 0 Å². The molecule has 6 heteroatoms. The summed E-state index contributed by atoms with van der Waals surface area (Å²) in [6.07, 6.45) is 1.88. The number of aromatic nitrogens is 1. The van der Waals surface area contributed by atoms with Gasteiger partial charge in [0.1, 0.15) is 0 Å². The van der Waals surface area contributed by atoms with Gasteiger partial charge in [-0.15, -0.1) is 0 Å². The van der Waals surface area contributed by atoms with Crippen molar-refractivity contribution in [2.75, 3.05) is 20.2 Å². The van der Waals surface area contributed by atoms with Crippen LogP contribution in [0.4, 0.5) is 0 Å². The van der Waals surface area contributed by atoms with Crippen LogP contribution in [0.1, 0.15) is 23.7 Å². The molecule has 0 fully saturated rings. The van der Waals surface area contributed by atoms with E-state index < -0.39 is 0 Å². The zero-order chi connectivity index (χ0) is 17.2. The highest BCUT2D eigenvalue weighted by atomic mass is 16.5. The molecule has 0 aliphatic carbocycles. The number of carbonyl (C=O) groups excluding carboxylic acids is 2. The SMILES string of the molecule is COC(=O)CCNC(=O)CNC(c1ccccc1)c1ccccn1. The monoisotopic (exact) mass is 327 g/mol. The third-order valence-electron chi connectivity index (χ3n) is 3.46. The van der Waals surface area contributed by atoms with E-state index in [9.17, 15) is 9.59 Å². The zero-order valence-electron chi connectivity index (χ0n) is 13.6. The molecule has 0 bridgehead atoms. The summed E-state index contributed by atoms with van der Waals surface area (Å²) in [5.41, 5.74) is 1.87. The molecule has 1 atom stereocenters. The van der Waals surface area contributed by atoms with Gasteiger partial charge in [0, 0.05) is 12.7 Å². The second kappa shape index (κ2) is 9.42. The molecule has 1 aromatic carbocycles. The highest BCUT2D eigenvalue weighted by molar-refractivity contribution is 5.79. The number of nitrogens with zero attached hydrogens (tertiary/aromatic N) is 1. The smallest absolute Gasteiger partial charge is 0.307 e. The van der Waals surface area contributed by atoms with E-state index in [0.29, 0.717) is 0 Å². The average Bonchev–Trinajstić information content (AvgIpc) is 2.63. The van der Waals surface area contributed by atoms with E-state index in [1.807, 2.05) is 48.5 Å². The molecule has 1 aromatic heterocycles. The Morgan fingerprint density at radius 2 is 1.88 bits per heavy atom. The standard InChI is InChI=1S/C18H21N3O3/c1-24-17(23)10-12-20-16(22)13-21-18(14-7-3-2-4-8-14)15-9-5-6-11-19-15/h2-9,11,18,21H,10,12-13H2,1H3,(H,20,22). The van der Waals surface area contributed by atoms with Crippen molar-refractivity contribution in [2.24, 2.45) is 0 Å². The van der Waals surface area contributed by atoms with E-state index in [-0.39, 0.29) is 37.4 Å². The number of benzene rings is 1. The maximum absolute atomic E-state index is 11.9. The Labute approximate surface area is 141 Å². The summed E-state index contributed by atoms with van der Waals surface area (Å²) in [6, 6.07) is 15.3. The molecule has 1 heterocycles. The quantitative estimate of drug-likeness (QED) is 0.717. The van der Waals surface area contributed by atoms with Gasteiger partial charge in [-0.2, -0.15) is 0 Å². The molecule has 6 nitrogen and oxygen atoms in total. The van der Waals surface area contributed by atoms with Gasteiger partial charge in [0.05, 0.1) is 31.8 Å². The summed E-state index contributed by atoms with van der Waals surface area (Å²) in [5.74, 6) is -0.533. The van der Waals surface area contributed by atoms with Crippen molar-refractivity contribution in [3.63, 3.8) is 0 Å². The van der Waals surface area contributed by atoms with Gasteiger partial charge in [0.25, 0.3) is 0 Å². The van der Waals surface area contributed by atoms with Gasteiger partial charge < -0.3 is 10.1 Å². The Morgan fingerprint density at radius 1 is 1.12 bits per heavy atom. The molecular formula is C18H21N3O3. The van der Waals surface area contributed by atoms with Gasteiger partial charge in [-0.05, 0) is 17.7 Å². The van der Waals surface area contributed by atoms with Crippen molar-refractivity contribution in [2.45, 2.75) is 12.5 Å². The number of carbonyl (C=O) groups is 2. The van der Waals surface area contributed by atoms with Gasteiger partial charge >= 0.3 is 5.97 Å². The summed E-state index contributed by atoms with van der Waals surface area (Å²) in [5, 5.41) is 5.90. The van der Waals surface area contributed by atoms with Crippen molar-refractivity contribution in [3.05, 3.63) is 66.0 Å². The Hall–Kier alpha value is -2.73. The molecule has 126 valence electrons. The average molecular weight is 327 g/mol. The number of rotatable bonds is 8. The van der Waals surface area contributed by atoms with Crippen LogP contribution < -0.4 is 10.6 Å². The van der Waals surface area contributed by atoms with Crippen LogP contribution in [-0.2, 0) is 14.3 Å². The lowest BCUT2D eigenvalue weighted by Crippen LogP contribution is -2.37. The molecule has 0 spiro atoms. The minimum absolute atomic E-state index is 0.122. The van der Waals surface area contributed by atoms with E-state index in [4.69, 9.17) is 0 Å². The Balaban J connectivity index is 1.94. The van der Waals surface area contributed by atoms with Gasteiger partial charge in [-0.1, -0.05) is 36.4 Å². The predicted octanol–water partition coefficient (Wildman–Crippen LogP) is 1.44. The number of amides is 1. The van der Waals surface area contributed by atoms with Crippen molar-refractivity contribution < 1.29 is 14.3 Å². The van der Waals surface area contributed by atoms with Crippen LogP contribution >= 0.6 is 0 Å². The highest BCUT2D eigenvalue weighted by Crippen LogP contribution is 2.19. The lowest BCUT2D eigenvalue weighted by atomic mass is 10.0. The molecule has 1 amide bonds. The van der Waals surface area contributed by atoms with Crippen LogP contribution in [0.15, 0.2) is 54.7 Å². The van der Waals surface area contributed by atoms with E-state index in [2.05, 4.69) is 20.4 Å². The largest absolute Gasteiger partial charge is 0.469 e. The summed E-state index contributed by atoms with van der Waals surface area (Å²) in [7, 11) is 1.32. The van der Waals surface area contributed by atoms with Gasteiger partial charge in [-0.25, -0.2) is 0 Å². The Kier molecular flexibility index (Phi) is 6.91. The van der Waals surface area contributed by atoms with E-state index in [1.54, 1.807) is 6.20 Å². The number of esters is 1. The highest BCUT2D eigenvalue weighted by Gasteiger charge is 2.15. The molecule has 2 aromatic rings. The maximum Gasteiger partial charge on any atom is 0.307 e. The zero-order valence-corrected chi connectivity index (χ0v) is 13.6. The molecule has 0 radical (unpaired) electrons. The van der Waals surface area contributed by atoms with Crippen molar-refractivity contribution >= 4 is 11.9 Å². The van der Waals surface area contributed by atoms with Crippen LogP contribution in [0.25, 0.3) is 0 Å². The minimum atomic E-state index is -0.348. The molecule has 0 saturated heterocycles. The molecular weight excluding hydrogens is 306 g/mol. The van der Waals surface area contributed by atoms with Gasteiger partial charge in [0.15, 0.2) is 0 Å². The molecule has 2 N–H and O–H groups in total. The first-order chi connectivity index (χ1) is 11.7. The molecule has 1 unspecified atom stereocenters. The normalized spacial score (nSPS) is 11.5. The fraction of sp³-hybridized carbons (Fsp3) is 0.278. The number of methoxy groups -OCH3 is 1. The van der Waals surface area contributed by atoms with Gasteiger partial charge in [0.2, 0.25) is 5.91 Å². The molecule has 0 saturated carbocycles. The lowest BCUT2D eigenvalue weighted by Gasteiger charge is -2.18. The minimum Gasteiger partial charge on any atom is -0.469 e. The van der Waals surface area contributed by atoms with Crippen LogP contribution in [0.3, 0.4) is 0 Å². The van der Waals surface area contributed by atoms with E-state index in [1.165, 1.54) is 7.11 Å². The Bertz CT molecular complexity index is 608. The van der Waals surface area contributed by atoms with Gasteiger partial charge in [-0.3, -0.25) is 19.9 Å². The molecule has 0 aliphatic heterocycles. The summed E-state index contributed by atoms with van der Waals surface area (Å²) < 4.78 is 4.53. The first-order valence-electron chi connectivity index (χ1n) is 7.73. The molecule has 24 heavy (non-hydrogen) atoms. The summed E-state index contributed by atoms with van der Waals surface area (Å²) >= 11 is 0. The fourth-order valence-corrected chi connectivity index (χ4v) is 2.25. The molecule has 0 aliphatic rings. The third-order valence-corrected chi connectivity index (χ3v) is 3.46. The van der Waals surface area contributed by atoms with Crippen LogP contribution in [-0.4, -0.2) is 37.1 Å².